The normalized spacial score (nSPS) is 43.1. The van der Waals surface area contributed by atoms with Crippen LogP contribution in [0.3, 0.4) is 0 Å². The first-order valence-electron chi connectivity index (χ1n) is 4.92. The molecule has 14 heavy (non-hydrogen) atoms. The van der Waals surface area contributed by atoms with Gasteiger partial charge in [-0.25, -0.2) is 8.42 Å². The molecule has 0 aromatic rings. The van der Waals surface area contributed by atoms with Crippen molar-refractivity contribution in [2.24, 2.45) is 5.41 Å². The number of allylic oxidation sites excluding steroid dienone is 1. The summed E-state index contributed by atoms with van der Waals surface area (Å²) in [5.41, 5.74) is -0.0415. The van der Waals surface area contributed by atoms with E-state index in [9.17, 15) is 8.42 Å². The third kappa shape index (κ3) is 1.10. The van der Waals surface area contributed by atoms with Crippen LogP contribution in [0.25, 0.3) is 0 Å². The van der Waals surface area contributed by atoms with Gasteiger partial charge in [-0.2, -0.15) is 4.31 Å². The second kappa shape index (κ2) is 2.61. The van der Waals surface area contributed by atoms with E-state index in [1.165, 1.54) is 6.26 Å². The van der Waals surface area contributed by atoms with Crippen LogP contribution in [-0.4, -0.2) is 31.1 Å². The Morgan fingerprint density at radius 2 is 1.79 bits per heavy atom. The fourth-order valence-electron chi connectivity index (χ4n) is 2.64. The van der Waals surface area contributed by atoms with Gasteiger partial charge >= 0.3 is 0 Å². The van der Waals surface area contributed by atoms with E-state index in [0.717, 1.165) is 12.8 Å². The molecule has 0 aromatic carbocycles. The summed E-state index contributed by atoms with van der Waals surface area (Å²) in [5, 5.41) is 0. The van der Waals surface area contributed by atoms with Crippen LogP contribution in [0.1, 0.15) is 26.7 Å². The molecule has 0 radical (unpaired) electrons. The Bertz CT molecular complexity index is 387. The number of hydrogen-bond acceptors (Lipinski definition) is 2. The molecule has 80 valence electrons. The first kappa shape index (κ1) is 10.2. The summed E-state index contributed by atoms with van der Waals surface area (Å²) in [5.74, 6) is 0. The summed E-state index contributed by atoms with van der Waals surface area (Å²) in [4.78, 5) is 0. The predicted octanol–water partition coefficient (Wildman–Crippen LogP) is 1.38. The Labute approximate surface area is 85.8 Å². The molecule has 2 rings (SSSR count). The van der Waals surface area contributed by atoms with E-state index in [0.29, 0.717) is 6.54 Å². The zero-order valence-corrected chi connectivity index (χ0v) is 9.76. The number of hydrogen-bond donors (Lipinski definition) is 0. The second-order valence-electron chi connectivity index (χ2n) is 4.98. The third-order valence-electron chi connectivity index (χ3n) is 3.99. The summed E-state index contributed by atoms with van der Waals surface area (Å²) >= 11 is 0. The Morgan fingerprint density at radius 3 is 2.29 bits per heavy atom. The molecule has 2 atom stereocenters. The highest BCUT2D eigenvalue weighted by molar-refractivity contribution is 7.88. The summed E-state index contributed by atoms with van der Waals surface area (Å²) in [6, 6.07) is 0. The number of rotatable bonds is 1. The molecule has 0 saturated carbocycles. The Morgan fingerprint density at radius 1 is 1.21 bits per heavy atom. The van der Waals surface area contributed by atoms with Crippen molar-refractivity contribution in [2.75, 3.05) is 12.8 Å². The quantitative estimate of drug-likeness (QED) is 0.620. The average molecular weight is 215 g/mol. The minimum atomic E-state index is -3.03. The monoisotopic (exact) mass is 215 g/mol. The molecule has 1 aliphatic carbocycles. The number of nitrogens with zero attached hydrogens (tertiary/aromatic N) is 1. The maximum Gasteiger partial charge on any atom is 0.211 e. The van der Waals surface area contributed by atoms with Gasteiger partial charge in [-0.15, -0.1) is 0 Å². The van der Waals surface area contributed by atoms with Crippen LogP contribution in [0.5, 0.6) is 0 Å². The van der Waals surface area contributed by atoms with Gasteiger partial charge in [0.05, 0.1) is 6.26 Å². The van der Waals surface area contributed by atoms with Gasteiger partial charge in [-0.3, -0.25) is 0 Å². The van der Waals surface area contributed by atoms with E-state index in [1.54, 1.807) is 4.31 Å². The van der Waals surface area contributed by atoms with Gasteiger partial charge in [0.2, 0.25) is 10.0 Å². The largest absolute Gasteiger partial charge is 0.212 e. The summed E-state index contributed by atoms with van der Waals surface area (Å²) in [7, 11) is -3.03. The van der Waals surface area contributed by atoms with Crippen LogP contribution in [0, 0.1) is 5.41 Å². The lowest BCUT2D eigenvalue weighted by Crippen LogP contribution is -2.73. The predicted molar refractivity (Wildman–Crippen MR) is 56.4 cm³/mol. The maximum absolute atomic E-state index is 11.5. The molecule has 0 spiro atoms. The molecule has 1 heterocycles. The lowest BCUT2D eigenvalue weighted by atomic mass is 9.59. The van der Waals surface area contributed by atoms with Gasteiger partial charge in [-0.1, -0.05) is 19.1 Å². The van der Waals surface area contributed by atoms with Crippen molar-refractivity contribution in [1.29, 1.82) is 0 Å². The number of sulfonamides is 1. The van der Waals surface area contributed by atoms with Crippen LogP contribution in [0.15, 0.2) is 12.2 Å². The maximum atomic E-state index is 11.5. The van der Waals surface area contributed by atoms with Crippen molar-refractivity contribution in [3.05, 3.63) is 12.2 Å². The molecule has 3 nitrogen and oxygen atoms in total. The van der Waals surface area contributed by atoms with E-state index in [1.807, 2.05) is 0 Å². The lowest BCUT2D eigenvalue weighted by Gasteiger charge is -2.63. The summed E-state index contributed by atoms with van der Waals surface area (Å²) in [6.07, 6.45) is 7.41. The van der Waals surface area contributed by atoms with Crippen LogP contribution in [0.2, 0.25) is 0 Å². The molecule has 1 fully saturated rings. The lowest BCUT2D eigenvalue weighted by molar-refractivity contribution is -0.0803. The van der Waals surface area contributed by atoms with E-state index in [4.69, 9.17) is 0 Å². The van der Waals surface area contributed by atoms with Crippen molar-refractivity contribution < 1.29 is 8.42 Å². The molecule has 0 unspecified atom stereocenters. The minimum absolute atomic E-state index is 0.144. The second-order valence-corrected chi connectivity index (χ2v) is 6.89. The van der Waals surface area contributed by atoms with Crippen molar-refractivity contribution in [3.8, 4) is 0 Å². The SMILES string of the molecule is C[C@@]12CC=CC[C@]1(C)N(S(C)(=O)=O)C2. The van der Waals surface area contributed by atoms with Crippen molar-refractivity contribution in [1.82, 2.24) is 4.31 Å². The molecule has 1 aliphatic heterocycles. The molecule has 2 aliphatic rings. The van der Waals surface area contributed by atoms with E-state index in [2.05, 4.69) is 26.0 Å². The standard InChI is InChI=1S/C10H17NO2S/c1-9-6-4-5-7-10(9,2)11(8-9)14(3,12)13/h4-5H,6-8H2,1-3H3/t9-,10-/m0/s1. The van der Waals surface area contributed by atoms with Crippen molar-refractivity contribution in [3.63, 3.8) is 0 Å². The fourth-order valence-corrected chi connectivity index (χ4v) is 4.19. The Hall–Kier alpha value is -0.350. The van der Waals surface area contributed by atoms with Crippen molar-refractivity contribution >= 4 is 10.0 Å². The van der Waals surface area contributed by atoms with Crippen LogP contribution < -0.4 is 0 Å². The highest BCUT2D eigenvalue weighted by Gasteiger charge is 2.61. The minimum Gasteiger partial charge on any atom is -0.212 e. The summed E-state index contributed by atoms with van der Waals surface area (Å²) < 4.78 is 24.7. The van der Waals surface area contributed by atoms with Gasteiger partial charge in [0, 0.05) is 17.5 Å². The van der Waals surface area contributed by atoms with E-state index < -0.39 is 10.0 Å². The van der Waals surface area contributed by atoms with E-state index in [-0.39, 0.29) is 11.0 Å². The Balaban J connectivity index is 2.36. The third-order valence-corrected chi connectivity index (χ3v) is 5.33. The van der Waals surface area contributed by atoms with Gasteiger partial charge in [0.15, 0.2) is 0 Å². The first-order valence-corrected chi connectivity index (χ1v) is 6.77. The molecule has 4 heteroatoms. The molecule has 1 saturated heterocycles. The number of fused-ring (bicyclic) bond motifs is 1. The molecule has 0 bridgehead atoms. The van der Waals surface area contributed by atoms with Crippen LogP contribution in [0.4, 0.5) is 0 Å². The first-order chi connectivity index (χ1) is 6.30. The molecule has 0 N–H and O–H groups in total. The zero-order valence-electron chi connectivity index (χ0n) is 8.95. The average Bonchev–Trinajstić information content (AvgIpc) is 2.04. The summed E-state index contributed by atoms with van der Waals surface area (Å²) in [6.45, 7) is 4.91. The van der Waals surface area contributed by atoms with Gasteiger partial charge in [0.25, 0.3) is 0 Å². The van der Waals surface area contributed by atoms with Gasteiger partial charge in [-0.05, 0) is 19.8 Å². The van der Waals surface area contributed by atoms with Gasteiger partial charge in [0.1, 0.15) is 0 Å². The fraction of sp³-hybridized carbons (Fsp3) is 0.800. The highest BCUT2D eigenvalue weighted by Crippen LogP contribution is 2.54. The molecule has 0 amide bonds. The zero-order chi connectivity index (χ0) is 10.6. The molecular weight excluding hydrogens is 198 g/mol. The van der Waals surface area contributed by atoms with Crippen LogP contribution in [-0.2, 0) is 10.0 Å². The Kier molecular flexibility index (Phi) is 1.90. The molecular formula is C10H17NO2S. The highest BCUT2D eigenvalue weighted by atomic mass is 32.2. The van der Waals surface area contributed by atoms with Gasteiger partial charge < -0.3 is 0 Å². The van der Waals surface area contributed by atoms with E-state index >= 15 is 0 Å². The molecule has 0 aromatic heterocycles. The van der Waals surface area contributed by atoms with Crippen LogP contribution >= 0.6 is 0 Å². The smallest absolute Gasteiger partial charge is 0.211 e. The topological polar surface area (TPSA) is 37.4 Å². The van der Waals surface area contributed by atoms with Crippen molar-refractivity contribution in [2.45, 2.75) is 32.2 Å².